The molecule has 1 aliphatic heterocycles. The van der Waals surface area contributed by atoms with E-state index >= 15 is 0 Å². The Hall–Kier alpha value is -2.17. The van der Waals surface area contributed by atoms with Gasteiger partial charge < -0.3 is 9.57 Å². The van der Waals surface area contributed by atoms with Crippen LogP contribution in [0, 0.1) is 5.92 Å². The minimum absolute atomic E-state index is 0.154. The van der Waals surface area contributed by atoms with Gasteiger partial charge in [-0.25, -0.2) is 4.79 Å². The molecule has 1 aliphatic carbocycles. The van der Waals surface area contributed by atoms with E-state index in [2.05, 4.69) is 24.3 Å². The van der Waals surface area contributed by atoms with Gasteiger partial charge in [-0.05, 0) is 29.9 Å². The summed E-state index contributed by atoms with van der Waals surface area (Å²) in [5.74, 6) is 0.0818. The Morgan fingerprint density at radius 1 is 0.857 bits per heavy atom. The molecule has 2 aromatic carbocycles. The second-order valence-electron chi connectivity index (χ2n) is 7.80. The molecule has 1 saturated heterocycles. The summed E-state index contributed by atoms with van der Waals surface area (Å²) >= 11 is 0. The zero-order chi connectivity index (χ0) is 19.2. The van der Waals surface area contributed by atoms with Crippen molar-refractivity contribution in [3.8, 4) is 0 Å². The van der Waals surface area contributed by atoms with Crippen LogP contribution in [0.25, 0.3) is 0 Å². The third-order valence-electron chi connectivity index (χ3n) is 6.18. The summed E-state index contributed by atoms with van der Waals surface area (Å²) in [6.07, 6.45) is 5.66. The van der Waals surface area contributed by atoms with Crippen molar-refractivity contribution in [2.45, 2.75) is 37.5 Å². The van der Waals surface area contributed by atoms with Gasteiger partial charge >= 0.3 is 5.97 Å². The summed E-state index contributed by atoms with van der Waals surface area (Å²) in [5.41, 5.74) is 1.29. The largest absolute Gasteiger partial charge is 0.379 e. The number of nitrogens with zero attached hydrogens (tertiary/aromatic N) is 1. The Labute approximate surface area is 167 Å². The molecule has 0 aromatic heterocycles. The Morgan fingerprint density at radius 2 is 1.39 bits per heavy atom. The molecule has 1 heterocycles. The van der Waals surface area contributed by atoms with E-state index in [0.29, 0.717) is 26.3 Å². The fraction of sp³-hybridized carbons (Fsp3) is 0.458. The lowest BCUT2D eigenvalue weighted by molar-refractivity contribution is -0.212. The summed E-state index contributed by atoms with van der Waals surface area (Å²) in [6.45, 7) is 2.44. The summed E-state index contributed by atoms with van der Waals surface area (Å²) < 4.78 is 5.42. The Balaban J connectivity index is 1.80. The Kier molecular flexibility index (Phi) is 6.08. The molecule has 0 N–H and O–H groups in total. The second kappa shape index (κ2) is 8.89. The number of hydrogen-bond donors (Lipinski definition) is 0. The van der Waals surface area contributed by atoms with Crippen LogP contribution in [0.3, 0.4) is 0 Å². The van der Waals surface area contributed by atoms with Crippen LogP contribution < -0.4 is 0 Å². The van der Waals surface area contributed by atoms with Crippen molar-refractivity contribution >= 4 is 5.97 Å². The fourth-order valence-electron chi connectivity index (χ4n) is 4.81. The molecule has 4 heteroatoms. The van der Waals surface area contributed by atoms with Gasteiger partial charge in [0.25, 0.3) is 0 Å². The van der Waals surface area contributed by atoms with E-state index < -0.39 is 5.41 Å². The monoisotopic (exact) mass is 379 g/mol. The smallest absolute Gasteiger partial charge is 0.340 e. The van der Waals surface area contributed by atoms with Crippen molar-refractivity contribution in [1.82, 2.24) is 5.06 Å². The predicted octanol–water partition coefficient (Wildman–Crippen LogP) is 4.34. The molecule has 0 radical (unpaired) electrons. The van der Waals surface area contributed by atoms with Crippen LogP contribution in [0.1, 0.15) is 43.2 Å². The lowest BCUT2D eigenvalue weighted by Crippen LogP contribution is -2.50. The average Bonchev–Trinajstić information content (AvgIpc) is 2.77. The third-order valence-corrected chi connectivity index (χ3v) is 6.18. The first-order valence-corrected chi connectivity index (χ1v) is 10.5. The van der Waals surface area contributed by atoms with Crippen LogP contribution in [0.4, 0.5) is 0 Å². The molecule has 4 nitrogen and oxygen atoms in total. The molecule has 28 heavy (non-hydrogen) atoms. The molecule has 0 atom stereocenters. The highest BCUT2D eigenvalue weighted by molar-refractivity contribution is 5.88. The van der Waals surface area contributed by atoms with Gasteiger partial charge in [-0.2, -0.15) is 0 Å². The lowest BCUT2D eigenvalue weighted by Gasteiger charge is -2.42. The van der Waals surface area contributed by atoms with Crippen molar-refractivity contribution in [2.75, 3.05) is 26.3 Å². The second-order valence-corrected chi connectivity index (χ2v) is 7.80. The Bertz CT molecular complexity index is 710. The summed E-state index contributed by atoms with van der Waals surface area (Å²) in [6, 6.07) is 20.5. The van der Waals surface area contributed by atoms with Gasteiger partial charge in [-0.1, -0.05) is 79.9 Å². The molecule has 0 spiro atoms. The van der Waals surface area contributed by atoms with Crippen LogP contribution in [0.2, 0.25) is 0 Å². The maximum absolute atomic E-state index is 13.9. The van der Waals surface area contributed by atoms with Crippen LogP contribution >= 0.6 is 0 Å². The quantitative estimate of drug-likeness (QED) is 0.774. The van der Waals surface area contributed by atoms with Crippen molar-refractivity contribution in [1.29, 1.82) is 0 Å². The lowest BCUT2D eigenvalue weighted by atomic mass is 9.61. The predicted molar refractivity (Wildman–Crippen MR) is 109 cm³/mol. The number of hydroxylamine groups is 2. The van der Waals surface area contributed by atoms with Crippen LogP contribution in [0.15, 0.2) is 60.7 Å². The first-order chi connectivity index (χ1) is 13.8. The molecule has 148 valence electrons. The maximum Gasteiger partial charge on any atom is 0.340 e. The highest BCUT2D eigenvalue weighted by Crippen LogP contribution is 2.47. The number of hydrogen-bond acceptors (Lipinski definition) is 4. The molecular weight excluding hydrogens is 350 g/mol. The molecule has 0 unspecified atom stereocenters. The van der Waals surface area contributed by atoms with E-state index in [9.17, 15) is 4.79 Å². The van der Waals surface area contributed by atoms with Crippen LogP contribution in [-0.4, -0.2) is 37.3 Å². The van der Waals surface area contributed by atoms with Crippen molar-refractivity contribution in [2.24, 2.45) is 5.92 Å². The molecular formula is C24H29NO3. The normalized spacial score (nSPS) is 19.3. The van der Waals surface area contributed by atoms with E-state index in [1.807, 2.05) is 36.4 Å². The van der Waals surface area contributed by atoms with Crippen molar-refractivity contribution < 1.29 is 14.4 Å². The molecule has 2 fully saturated rings. The highest BCUT2D eigenvalue weighted by Gasteiger charge is 2.50. The molecule has 0 bridgehead atoms. The van der Waals surface area contributed by atoms with Gasteiger partial charge in [0, 0.05) is 0 Å². The molecule has 2 aliphatic rings. The number of benzene rings is 2. The maximum atomic E-state index is 13.9. The Morgan fingerprint density at radius 3 is 1.93 bits per heavy atom. The topological polar surface area (TPSA) is 38.8 Å². The average molecular weight is 380 g/mol. The summed E-state index contributed by atoms with van der Waals surface area (Å²) in [7, 11) is 0. The number of morpholine rings is 1. The molecule has 2 aromatic rings. The first kappa shape index (κ1) is 19.2. The molecule has 4 rings (SSSR count). The third kappa shape index (κ3) is 3.71. The van der Waals surface area contributed by atoms with Crippen LogP contribution in [-0.2, 0) is 19.8 Å². The SMILES string of the molecule is O=C(ON1CCOCC1)C(c1ccccc1)(c1ccccc1)C1CCCCC1. The number of carbonyl (C=O) groups is 1. The van der Waals surface area contributed by atoms with Crippen molar-refractivity contribution in [3.05, 3.63) is 71.8 Å². The van der Waals surface area contributed by atoms with Crippen molar-refractivity contribution in [3.63, 3.8) is 0 Å². The zero-order valence-corrected chi connectivity index (χ0v) is 16.4. The van der Waals surface area contributed by atoms with Gasteiger partial charge in [0.05, 0.1) is 26.3 Å². The van der Waals surface area contributed by atoms with E-state index in [1.165, 1.54) is 6.42 Å². The van der Waals surface area contributed by atoms with Gasteiger partial charge in [0.15, 0.2) is 0 Å². The van der Waals surface area contributed by atoms with Gasteiger partial charge in [-0.3, -0.25) is 0 Å². The number of rotatable bonds is 5. The van der Waals surface area contributed by atoms with E-state index in [1.54, 1.807) is 5.06 Å². The van der Waals surface area contributed by atoms with E-state index in [0.717, 1.165) is 36.8 Å². The fourth-order valence-corrected chi connectivity index (χ4v) is 4.81. The zero-order valence-electron chi connectivity index (χ0n) is 16.4. The highest BCUT2D eigenvalue weighted by atomic mass is 16.7. The van der Waals surface area contributed by atoms with Crippen LogP contribution in [0.5, 0.6) is 0 Å². The molecule has 0 amide bonds. The van der Waals surface area contributed by atoms with Gasteiger partial charge in [-0.15, -0.1) is 5.06 Å². The van der Waals surface area contributed by atoms with E-state index in [-0.39, 0.29) is 11.9 Å². The summed E-state index contributed by atoms with van der Waals surface area (Å²) in [5, 5.41) is 1.77. The number of ether oxygens (including phenoxy) is 1. The molecule has 1 saturated carbocycles. The van der Waals surface area contributed by atoms with E-state index in [4.69, 9.17) is 9.57 Å². The van der Waals surface area contributed by atoms with Gasteiger partial charge in [0.1, 0.15) is 5.41 Å². The first-order valence-electron chi connectivity index (χ1n) is 10.5. The number of carbonyl (C=O) groups excluding carboxylic acids is 1. The minimum Gasteiger partial charge on any atom is -0.379 e. The minimum atomic E-state index is -0.777. The summed E-state index contributed by atoms with van der Waals surface area (Å²) in [4.78, 5) is 20.0. The van der Waals surface area contributed by atoms with Gasteiger partial charge in [0.2, 0.25) is 0 Å². The standard InChI is InChI=1S/C24H29NO3/c26-23(28-25-16-18-27-19-17-25)24(20-10-4-1-5-11-20,21-12-6-2-7-13-21)22-14-8-3-9-15-22/h1-2,4-7,10-13,22H,3,8-9,14-19H2.